The van der Waals surface area contributed by atoms with Gasteiger partial charge in [0, 0.05) is 4.88 Å². The fraction of sp³-hybridized carbons (Fsp3) is 0.222. The Morgan fingerprint density at radius 3 is 3.08 bits per heavy atom. The normalized spacial score (nSPS) is 9.31. The molecule has 0 saturated carbocycles. The lowest BCUT2D eigenvalue weighted by molar-refractivity contribution is 0.174. The average Bonchev–Trinajstić information content (AvgIpc) is 2.48. The summed E-state index contributed by atoms with van der Waals surface area (Å²) in [7, 11) is 0. The van der Waals surface area contributed by atoms with Crippen LogP contribution < -0.4 is 5.32 Å². The number of aryl methyl sites for hydroxylation is 1. The number of carbonyl (C=O) groups is 1. The summed E-state index contributed by atoms with van der Waals surface area (Å²) in [5.74, 6) is 0. The van der Waals surface area contributed by atoms with Crippen LogP contribution >= 0.6 is 11.3 Å². The van der Waals surface area contributed by atoms with Crippen molar-refractivity contribution in [2.24, 2.45) is 0 Å². The molecule has 0 aliphatic rings. The third-order valence-corrected chi connectivity index (χ3v) is 2.21. The second kappa shape index (κ2) is 4.67. The average molecular weight is 197 g/mol. The summed E-state index contributed by atoms with van der Waals surface area (Å²) < 4.78 is 4.74. The van der Waals surface area contributed by atoms with Gasteiger partial charge in [-0.1, -0.05) is 12.7 Å². The zero-order chi connectivity index (χ0) is 9.68. The van der Waals surface area contributed by atoms with Gasteiger partial charge in [0.15, 0.2) is 0 Å². The molecule has 0 aliphatic carbocycles. The molecule has 1 amide bonds. The molecule has 70 valence electrons. The Kier molecular flexibility index (Phi) is 3.52. The molecule has 13 heavy (non-hydrogen) atoms. The van der Waals surface area contributed by atoms with Crippen molar-refractivity contribution >= 4 is 22.4 Å². The van der Waals surface area contributed by atoms with Crippen LogP contribution in [-0.4, -0.2) is 12.7 Å². The van der Waals surface area contributed by atoms with E-state index >= 15 is 0 Å². The maximum atomic E-state index is 11.0. The standard InChI is InChI=1S/C9H11NO2S/c1-3-6-12-9(11)10-8-5-4-7(2)13-8/h3-5H,1,6H2,2H3,(H,10,11). The molecular weight excluding hydrogens is 186 g/mol. The monoisotopic (exact) mass is 197 g/mol. The lowest BCUT2D eigenvalue weighted by Crippen LogP contribution is -2.12. The number of hydrogen-bond donors (Lipinski definition) is 1. The van der Waals surface area contributed by atoms with E-state index in [0.29, 0.717) is 0 Å². The molecule has 3 nitrogen and oxygen atoms in total. The van der Waals surface area contributed by atoms with Crippen LogP contribution in [0.25, 0.3) is 0 Å². The van der Waals surface area contributed by atoms with Crippen molar-refractivity contribution in [1.82, 2.24) is 0 Å². The first-order valence-electron chi connectivity index (χ1n) is 3.83. The number of rotatable bonds is 3. The Hall–Kier alpha value is -1.29. The van der Waals surface area contributed by atoms with E-state index in [1.807, 2.05) is 19.1 Å². The van der Waals surface area contributed by atoms with Gasteiger partial charge in [-0.05, 0) is 19.1 Å². The van der Waals surface area contributed by atoms with Gasteiger partial charge in [-0.2, -0.15) is 0 Å². The van der Waals surface area contributed by atoms with Gasteiger partial charge in [-0.15, -0.1) is 11.3 Å². The van der Waals surface area contributed by atoms with Crippen LogP contribution in [0.15, 0.2) is 24.8 Å². The van der Waals surface area contributed by atoms with Crippen LogP contribution in [0.3, 0.4) is 0 Å². The Morgan fingerprint density at radius 1 is 1.77 bits per heavy atom. The fourth-order valence-electron chi connectivity index (χ4n) is 0.773. The number of thiophene rings is 1. The van der Waals surface area contributed by atoms with Gasteiger partial charge >= 0.3 is 6.09 Å². The van der Waals surface area contributed by atoms with Crippen LogP contribution in [0.1, 0.15) is 4.88 Å². The minimum absolute atomic E-state index is 0.232. The lowest BCUT2D eigenvalue weighted by atomic mass is 10.5. The van der Waals surface area contributed by atoms with E-state index in [0.717, 1.165) is 9.88 Å². The third-order valence-electron chi connectivity index (χ3n) is 1.30. The molecule has 1 rings (SSSR count). The first kappa shape index (κ1) is 9.80. The molecule has 0 unspecified atom stereocenters. The van der Waals surface area contributed by atoms with Crippen LogP contribution in [-0.2, 0) is 4.74 Å². The van der Waals surface area contributed by atoms with Crippen LogP contribution in [0.2, 0.25) is 0 Å². The van der Waals surface area contributed by atoms with Crippen LogP contribution in [0.4, 0.5) is 9.80 Å². The number of amides is 1. The van der Waals surface area contributed by atoms with Crippen molar-refractivity contribution in [3.8, 4) is 0 Å². The molecule has 0 saturated heterocycles. The molecule has 0 atom stereocenters. The first-order chi connectivity index (χ1) is 6.22. The number of anilines is 1. The highest BCUT2D eigenvalue weighted by atomic mass is 32.1. The van der Waals surface area contributed by atoms with E-state index in [9.17, 15) is 4.79 Å². The van der Waals surface area contributed by atoms with Crippen molar-refractivity contribution in [3.05, 3.63) is 29.7 Å². The van der Waals surface area contributed by atoms with Crippen molar-refractivity contribution < 1.29 is 9.53 Å². The minimum atomic E-state index is -0.443. The summed E-state index contributed by atoms with van der Waals surface area (Å²) in [6.07, 6.45) is 1.08. The van der Waals surface area contributed by atoms with Crippen molar-refractivity contribution in [2.75, 3.05) is 11.9 Å². The number of hydrogen-bond acceptors (Lipinski definition) is 3. The molecule has 1 heterocycles. The summed E-state index contributed by atoms with van der Waals surface area (Å²) >= 11 is 1.51. The minimum Gasteiger partial charge on any atom is -0.445 e. The second-order valence-corrected chi connectivity index (χ2v) is 3.71. The second-order valence-electron chi connectivity index (χ2n) is 2.42. The van der Waals surface area contributed by atoms with E-state index in [2.05, 4.69) is 11.9 Å². The van der Waals surface area contributed by atoms with Gasteiger partial charge in [0.1, 0.15) is 6.61 Å². The largest absolute Gasteiger partial charge is 0.445 e. The zero-order valence-corrected chi connectivity index (χ0v) is 8.19. The van der Waals surface area contributed by atoms with Gasteiger partial charge < -0.3 is 4.74 Å². The molecule has 0 radical (unpaired) electrons. The smallest absolute Gasteiger partial charge is 0.412 e. The van der Waals surface area contributed by atoms with E-state index in [1.54, 1.807) is 0 Å². The van der Waals surface area contributed by atoms with Crippen LogP contribution in [0, 0.1) is 6.92 Å². The zero-order valence-electron chi connectivity index (χ0n) is 7.37. The maximum absolute atomic E-state index is 11.0. The molecule has 1 aromatic heterocycles. The Morgan fingerprint density at radius 2 is 2.54 bits per heavy atom. The SMILES string of the molecule is C=CCOC(=O)Nc1ccc(C)s1. The Balaban J connectivity index is 2.40. The summed E-state index contributed by atoms with van der Waals surface area (Å²) in [4.78, 5) is 12.2. The molecule has 0 bridgehead atoms. The lowest BCUT2D eigenvalue weighted by Gasteiger charge is -2.01. The van der Waals surface area contributed by atoms with Crippen LogP contribution in [0.5, 0.6) is 0 Å². The number of carbonyl (C=O) groups excluding carboxylic acids is 1. The van der Waals surface area contributed by atoms with Gasteiger partial charge in [0.25, 0.3) is 0 Å². The van der Waals surface area contributed by atoms with E-state index in [-0.39, 0.29) is 6.61 Å². The van der Waals surface area contributed by atoms with Gasteiger partial charge in [-0.3, -0.25) is 5.32 Å². The predicted octanol–water partition coefficient (Wildman–Crippen LogP) is 2.79. The fourth-order valence-corrected chi connectivity index (χ4v) is 1.53. The molecule has 1 aromatic rings. The highest BCUT2D eigenvalue weighted by molar-refractivity contribution is 7.16. The number of nitrogens with one attached hydrogen (secondary N) is 1. The van der Waals surface area contributed by atoms with Gasteiger partial charge in [0.2, 0.25) is 0 Å². The molecule has 4 heteroatoms. The summed E-state index contributed by atoms with van der Waals surface area (Å²) in [5.41, 5.74) is 0. The number of ether oxygens (including phenoxy) is 1. The van der Waals surface area contributed by atoms with Crippen molar-refractivity contribution in [1.29, 1.82) is 0 Å². The highest BCUT2D eigenvalue weighted by Gasteiger charge is 2.02. The molecular formula is C9H11NO2S. The molecule has 0 fully saturated rings. The topological polar surface area (TPSA) is 38.3 Å². The van der Waals surface area contributed by atoms with E-state index < -0.39 is 6.09 Å². The first-order valence-corrected chi connectivity index (χ1v) is 4.65. The molecule has 0 spiro atoms. The van der Waals surface area contributed by atoms with Crippen molar-refractivity contribution in [2.45, 2.75) is 6.92 Å². The molecule has 0 aliphatic heterocycles. The maximum Gasteiger partial charge on any atom is 0.412 e. The van der Waals surface area contributed by atoms with Gasteiger partial charge in [-0.25, -0.2) is 4.79 Å². The van der Waals surface area contributed by atoms with Crippen molar-refractivity contribution in [3.63, 3.8) is 0 Å². The van der Waals surface area contributed by atoms with E-state index in [4.69, 9.17) is 4.74 Å². The predicted molar refractivity (Wildman–Crippen MR) is 54.2 cm³/mol. The van der Waals surface area contributed by atoms with E-state index in [1.165, 1.54) is 17.4 Å². The third kappa shape index (κ3) is 3.29. The Labute approximate surface area is 81.0 Å². The van der Waals surface area contributed by atoms with Gasteiger partial charge in [0.05, 0.1) is 5.00 Å². The quantitative estimate of drug-likeness (QED) is 0.757. The summed E-state index contributed by atoms with van der Waals surface area (Å²) in [6, 6.07) is 3.78. The Bertz CT molecular complexity index is 306. The molecule has 0 aromatic carbocycles. The highest BCUT2D eigenvalue weighted by Crippen LogP contribution is 2.20. The summed E-state index contributed by atoms with van der Waals surface area (Å²) in [6.45, 7) is 5.65. The molecule has 1 N–H and O–H groups in total. The summed E-state index contributed by atoms with van der Waals surface area (Å²) in [5, 5.41) is 3.40.